The lowest BCUT2D eigenvalue weighted by Crippen LogP contribution is -2.40. The van der Waals surface area contributed by atoms with E-state index in [1.165, 1.54) is 6.20 Å². The van der Waals surface area contributed by atoms with Gasteiger partial charge in [0.05, 0.1) is 12.0 Å². The highest BCUT2D eigenvalue weighted by Crippen LogP contribution is 2.41. The van der Waals surface area contributed by atoms with Crippen LogP contribution < -0.4 is 15.6 Å². The summed E-state index contributed by atoms with van der Waals surface area (Å²) in [6.07, 6.45) is 2.76. The molecule has 0 atom stereocenters. The standard InChI is InChI=1S/C21H21ClN4O5/c1-30-16-6-5-14(22)12-15(16)21(7-10-31-11-8-21)13-23-19-18(26(28)29)20(27)25-9-3-2-4-17(25)24-19/h2-6,9,12,23H,7-8,10-11,13H2,1H3. The van der Waals surface area contributed by atoms with E-state index in [-0.39, 0.29) is 5.82 Å². The highest BCUT2D eigenvalue weighted by Gasteiger charge is 2.38. The van der Waals surface area contributed by atoms with E-state index >= 15 is 0 Å². The zero-order valence-electron chi connectivity index (χ0n) is 16.8. The number of anilines is 1. The number of nitrogens with one attached hydrogen (secondary N) is 1. The molecule has 0 saturated carbocycles. The van der Waals surface area contributed by atoms with E-state index in [1.54, 1.807) is 37.4 Å². The maximum atomic E-state index is 12.7. The molecule has 4 rings (SSSR count). The molecule has 1 fully saturated rings. The molecule has 1 aliphatic heterocycles. The molecule has 10 heteroatoms. The third kappa shape index (κ3) is 3.94. The first-order chi connectivity index (χ1) is 14.9. The Bertz CT molecular complexity index is 1190. The van der Waals surface area contributed by atoms with Crippen LogP contribution in [0.1, 0.15) is 18.4 Å². The van der Waals surface area contributed by atoms with Gasteiger partial charge in [-0.15, -0.1) is 0 Å². The summed E-state index contributed by atoms with van der Waals surface area (Å²) in [5, 5.41) is 15.3. The van der Waals surface area contributed by atoms with Gasteiger partial charge in [-0.05, 0) is 43.2 Å². The Morgan fingerprint density at radius 1 is 1.32 bits per heavy atom. The second-order valence-corrected chi connectivity index (χ2v) is 7.83. The Hall–Kier alpha value is -3.17. The summed E-state index contributed by atoms with van der Waals surface area (Å²) in [7, 11) is 1.59. The smallest absolute Gasteiger partial charge is 0.376 e. The Kier molecular flexibility index (Phi) is 5.79. The van der Waals surface area contributed by atoms with E-state index in [9.17, 15) is 14.9 Å². The Morgan fingerprint density at radius 3 is 2.81 bits per heavy atom. The number of rotatable bonds is 6. The van der Waals surface area contributed by atoms with Crippen LogP contribution in [0.3, 0.4) is 0 Å². The van der Waals surface area contributed by atoms with Crippen molar-refractivity contribution in [3.05, 3.63) is 73.6 Å². The molecule has 1 saturated heterocycles. The summed E-state index contributed by atoms with van der Waals surface area (Å²) < 4.78 is 12.3. The number of fused-ring (bicyclic) bond motifs is 1. The number of ether oxygens (including phenoxy) is 2. The van der Waals surface area contributed by atoms with Crippen molar-refractivity contribution in [3.8, 4) is 5.75 Å². The summed E-state index contributed by atoms with van der Waals surface area (Å²) in [5.41, 5.74) is -0.588. The number of hydrogen-bond donors (Lipinski definition) is 1. The normalized spacial score (nSPS) is 15.5. The monoisotopic (exact) mass is 444 g/mol. The van der Waals surface area contributed by atoms with Crippen LogP contribution in [0.5, 0.6) is 5.75 Å². The molecule has 0 aliphatic carbocycles. The number of pyridine rings is 1. The number of hydrogen-bond acceptors (Lipinski definition) is 7. The van der Waals surface area contributed by atoms with E-state index in [0.29, 0.717) is 49.0 Å². The molecule has 1 aromatic carbocycles. The highest BCUT2D eigenvalue weighted by atomic mass is 35.5. The van der Waals surface area contributed by atoms with E-state index < -0.39 is 21.6 Å². The molecule has 0 amide bonds. The fraction of sp³-hybridized carbons (Fsp3) is 0.333. The van der Waals surface area contributed by atoms with E-state index in [0.717, 1.165) is 9.96 Å². The van der Waals surface area contributed by atoms with Crippen LogP contribution >= 0.6 is 11.6 Å². The summed E-state index contributed by atoms with van der Waals surface area (Å²) in [5.74, 6) is 0.613. The first-order valence-electron chi connectivity index (χ1n) is 9.77. The molecule has 31 heavy (non-hydrogen) atoms. The summed E-state index contributed by atoms with van der Waals surface area (Å²) in [6, 6.07) is 10.4. The van der Waals surface area contributed by atoms with Gasteiger partial charge >= 0.3 is 11.2 Å². The van der Waals surface area contributed by atoms with Crippen LogP contribution in [0.25, 0.3) is 5.65 Å². The number of aromatic nitrogens is 2. The molecule has 3 aromatic rings. The number of nitro groups is 1. The molecular formula is C21H21ClN4O5. The summed E-state index contributed by atoms with van der Waals surface area (Å²) >= 11 is 6.27. The van der Waals surface area contributed by atoms with Crippen LogP contribution in [0.2, 0.25) is 5.02 Å². The van der Waals surface area contributed by atoms with Crippen LogP contribution in [0.15, 0.2) is 47.4 Å². The lowest BCUT2D eigenvalue weighted by atomic mass is 9.73. The van der Waals surface area contributed by atoms with Crippen molar-refractivity contribution in [2.75, 3.05) is 32.2 Å². The molecular weight excluding hydrogens is 424 g/mol. The Morgan fingerprint density at radius 2 is 2.10 bits per heavy atom. The number of methoxy groups -OCH3 is 1. The van der Waals surface area contributed by atoms with Gasteiger partial charge in [0.1, 0.15) is 11.4 Å². The van der Waals surface area contributed by atoms with Crippen molar-refractivity contribution in [1.82, 2.24) is 9.38 Å². The van der Waals surface area contributed by atoms with Crippen LogP contribution in [-0.4, -0.2) is 41.2 Å². The van der Waals surface area contributed by atoms with Gasteiger partial charge in [0.25, 0.3) is 0 Å². The lowest BCUT2D eigenvalue weighted by molar-refractivity contribution is -0.385. The maximum absolute atomic E-state index is 12.7. The molecule has 1 aliphatic rings. The van der Waals surface area contributed by atoms with Gasteiger partial charge in [-0.1, -0.05) is 17.7 Å². The fourth-order valence-electron chi connectivity index (χ4n) is 4.02. The fourth-order valence-corrected chi connectivity index (χ4v) is 4.19. The number of nitrogens with zero attached hydrogens (tertiary/aromatic N) is 3. The second-order valence-electron chi connectivity index (χ2n) is 7.39. The summed E-state index contributed by atoms with van der Waals surface area (Å²) in [6.45, 7) is 1.34. The van der Waals surface area contributed by atoms with Gasteiger partial charge in [-0.3, -0.25) is 19.3 Å². The second kappa shape index (κ2) is 8.52. The van der Waals surface area contributed by atoms with Crippen molar-refractivity contribution < 1.29 is 14.4 Å². The lowest BCUT2D eigenvalue weighted by Gasteiger charge is -2.38. The minimum atomic E-state index is -0.737. The van der Waals surface area contributed by atoms with E-state index in [1.807, 2.05) is 6.07 Å². The molecule has 2 aromatic heterocycles. The number of benzene rings is 1. The molecule has 0 radical (unpaired) electrons. The van der Waals surface area contributed by atoms with Crippen LogP contribution in [0.4, 0.5) is 11.5 Å². The molecule has 3 heterocycles. The van der Waals surface area contributed by atoms with Crippen molar-refractivity contribution >= 4 is 28.8 Å². The zero-order valence-corrected chi connectivity index (χ0v) is 17.6. The molecule has 0 bridgehead atoms. The maximum Gasteiger partial charge on any atom is 0.376 e. The molecule has 1 N–H and O–H groups in total. The highest BCUT2D eigenvalue weighted by molar-refractivity contribution is 6.30. The van der Waals surface area contributed by atoms with E-state index in [2.05, 4.69) is 10.3 Å². The first kappa shape index (κ1) is 21.1. The summed E-state index contributed by atoms with van der Waals surface area (Å²) in [4.78, 5) is 28.1. The molecule has 9 nitrogen and oxygen atoms in total. The van der Waals surface area contributed by atoms with Crippen molar-refractivity contribution in [3.63, 3.8) is 0 Å². The largest absolute Gasteiger partial charge is 0.496 e. The van der Waals surface area contributed by atoms with Crippen LogP contribution in [0, 0.1) is 10.1 Å². The number of halogens is 1. The topological polar surface area (TPSA) is 108 Å². The Labute approximate surface area is 182 Å². The third-order valence-electron chi connectivity index (χ3n) is 5.67. The molecule has 0 spiro atoms. The predicted molar refractivity (Wildman–Crippen MR) is 116 cm³/mol. The van der Waals surface area contributed by atoms with Crippen molar-refractivity contribution in [2.24, 2.45) is 0 Å². The average molecular weight is 445 g/mol. The molecule has 0 unspecified atom stereocenters. The van der Waals surface area contributed by atoms with Crippen LogP contribution in [-0.2, 0) is 10.2 Å². The van der Waals surface area contributed by atoms with Crippen molar-refractivity contribution in [2.45, 2.75) is 18.3 Å². The zero-order chi connectivity index (χ0) is 22.0. The van der Waals surface area contributed by atoms with Gasteiger partial charge in [-0.25, -0.2) is 4.98 Å². The SMILES string of the molecule is COc1ccc(Cl)cc1C1(CNc2nc3ccccn3c(=O)c2[N+](=O)[O-])CCOCC1. The predicted octanol–water partition coefficient (Wildman–Crippen LogP) is 3.43. The average Bonchev–Trinajstić information content (AvgIpc) is 2.78. The quantitative estimate of drug-likeness (QED) is 0.458. The molecule has 162 valence electrons. The van der Waals surface area contributed by atoms with Gasteiger partial charge in [0, 0.05) is 42.0 Å². The van der Waals surface area contributed by atoms with Crippen molar-refractivity contribution in [1.29, 1.82) is 0 Å². The third-order valence-corrected chi connectivity index (χ3v) is 5.91. The van der Waals surface area contributed by atoms with E-state index in [4.69, 9.17) is 21.1 Å². The van der Waals surface area contributed by atoms with Gasteiger partial charge in [0.15, 0.2) is 0 Å². The van der Waals surface area contributed by atoms with Gasteiger partial charge < -0.3 is 14.8 Å². The van der Waals surface area contributed by atoms with Gasteiger partial charge in [0.2, 0.25) is 5.82 Å². The minimum absolute atomic E-state index is 0.0620. The minimum Gasteiger partial charge on any atom is -0.496 e. The first-order valence-corrected chi connectivity index (χ1v) is 10.1. The Balaban J connectivity index is 1.78. The van der Waals surface area contributed by atoms with Gasteiger partial charge in [-0.2, -0.15) is 0 Å².